The van der Waals surface area contributed by atoms with Crippen LogP contribution in [0.2, 0.25) is 0 Å². The molecular weight excluding hydrogens is 220 g/mol. The van der Waals surface area contributed by atoms with Gasteiger partial charge in [-0.2, -0.15) is 0 Å². The van der Waals surface area contributed by atoms with Crippen LogP contribution in [0.1, 0.15) is 58.8 Å². The monoisotopic (exact) mass is 252 g/mol. The van der Waals surface area contributed by atoms with Crippen molar-refractivity contribution in [1.29, 1.82) is 0 Å². The molecule has 18 heavy (non-hydrogen) atoms. The minimum atomic E-state index is 0.764. The summed E-state index contributed by atoms with van der Waals surface area (Å²) in [6.07, 6.45) is 9.93. The predicted octanol–water partition coefficient (Wildman–Crippen LogP) is 3.28. The lowest BCUT2D eigenvalue weighted by molar-refractivity contribution is 0.139. The molecule has 0 aromatic heterocycles. The van der Waals surface area contributed by atoms with Gasteiger partial charge in [-0.25, -0.2) is 0 Å². The van der Waals surface area contributed by atoms with E-state index in [9.17, 15) is 0 Å². The SMILES string of the molecule is CCCNC1CCCN(CC2CCCC(C)C2)C1. The zero-order chi connectivity index (χ0) is 12.8. The Bertz CT molecular complexity index is 229. The normalized spacial score (nSPS) is 34.7. The van der Waals surface area contributed by atoms with Gasteiger partial charge in [0.1, 0.15) is 0 Å². The molecule has 2 heteroatoms. The highest BCUT2D eigenvalue weighted by Crippen LogP contribution is 2.29. The Hall–Kier alpha value is -0.0800. The summed E-state index contributed by atoms with van der Waals surface area (Å²) >= 11 is 0. The van der Waals surface area contributed by atoms with Gasteiger partial charge in [-0.15, -0.1) is 0 Å². The molecule has 3 unspecified atom stereocenters. The van der Waals surface area contributed by atoms with Gasteiger partial charge in [-0.05, 0) is 57.0 Å². The van der Waals surface area contributed by atoms with Crippen molar-refractivity contribution < 1.29 is 0 Å². The van der Waals surface area contributed by atoms with Crippen LogP contribution in [-0.2, 0) is 0 Å². The molecule has 1 saturated carbocycles. The first-order chi connectivity index (χ1) is 8.78. The van der Waals surface area contributed by atoms with E-state index in [1.807, 2.05) is 0 Å². The maximum Gasteiger partial charge on any atom is 0.0195 e. The van der Waals surface area contributed by atoms with Crippen LogP contribution in [0, 0.1) is 11.8 Å². The van der Waals surface area contributed by atoms with Crippen molar-refractivity contribution in [2.45, 2.75) is 64.8 Å². The van der Waals surface area contributed by atoms with Crippen LogP contribution in [0.5, 0.6) is 0 Å². The molecule has 1 heterocycles. The topological polar surface area (TPSA) is 15.3 Å². The first kappa shape index (κ1) is 14.3. The van der Waals surface area contributed by atoms with Gasteiger partial charge in [-0.1, -0.05) is 26.7 Å². The van der Waals surface area contributed by atoms with Crippen LogP contribution in [0.25, 0.3) is 0 Å². The Morgan fingerprint density at radius 1 is 1.17 bits per heavy atom. The first-order valence-electron chi connectivity index (χ1n) is 8.23. The summed E-state index contributed by atoms with van der Waals surface area (Å²) in [6.45, 7) is 9.90. The van der Waals surface area contributed by atoms with Crippen LogP contribution in [0.15, 0.2) is 0 Å². The average Bonchev–Trinajstić information content (AvgIpc) is 2.37. The number of likely N-dealkylation sites (tertiary alicyclic amines) is 1. The van der Waals surface area contributed by atoms with Crippen molar-refractivity contribution >= 4 is 0 Å². The molecule has 0 amide bonds. The van der Waals surface area contributed by atoms with Gasteiger partial charge in [-0.3, -0.25) is 0 Å². The van der Waals surface area contributed by atoms with Crippen LogP contribution in [0.4, 0.5) is 0 Å². The lowest BCUT2D eigenvalue weighted by Crippen LogP contribution is -2.47. The molecule has 1 saturated heterocycles. The van der Waals surface area contributed by atoms with Gasteiger partial charge in [0.2, 0.25) is 0 Å². The predicted molar refractivity (Wildman–Crippen MR) is 78.9 cm³/mol. The molecule has 106 valence electrons. The lowest BCUT2D eigenvalue weighted by atomic mass is 9.82. The molecule has 0 aromatic rings. The quantitative estimate of drug-likeness (QED) is 0.808. The molecule has 2 fully saturated rings. The summed E-state index contributed by atoms with van der Waals surface area (Å²) in [7, 11) is 0. The largest absolute Gasteiger partial charge is 0.313 e. The van der Waals surface area contributed by atoms with E-state index in [0.29, 0.717) is 0 Å². The number of rotatable bonds is 5. The third-order valence-corrected chi connectivity index (χ3v) is 4.75. The third kappa shape index (κ3) is 4.55. The smallest absolute Gasteiger partial charge is 0.0195 e. The Morgan fingerprint density at radius 2 is 2.06 bits per heavy atom. The third-order valence-electron chi connectivity index (χ3n) is 4.75. The highest BCUT2D eigenvalue weighted by atomic mass is 15.2. The van der Waals surface area contributed by atoms with Gasteiger partial charge in [0.25, 0.3) is 0 Å². The van der Waals surface area contributed by atoms with Crippen molar-refractivity contribution in [3.05, 3.63) is 0 Å². The number of nitrogens with zero attached hydrogens (tertiary/aromatic N) is 1. The maximum absolute atomic E-state index is 3.71. The van der Waals surface area contributed by atoms with E-state index in [-0.39, 0.29) is 0 Å². The van der Waals surface area contributed by atoms with Gasteiger partial charge >= 0.3 is 0 Å². The molecule has 0 aromatic carbocycles. The molecule has 0 bridgehead atoms. The summed E-state index contributed by atoms with van der Waals surface area (Å²) in [4.78, 5) is 2.74. The van der Waals surface area contributed by atoms with E-state index in [2.05, 4.69) is 24.1 Å². The zero-order valence-electron chi connectivity index (χ0n) is 12.5. The Kier molecular flexibility index (Phi) is 5.97. The van der Waals surface area contributed by atoms with Crippen molar-refractivity contribution in [1.82, 2.24) is 10.2 Å². The molecular formula is C16H32N2. The highest BCUT2D eigenvalue weighted by molar-refractivity contribution is 4.81. The van der Waals surface area contributed by atoms with Crippen LogP contribution in [-0.4, -0.2) is 37.1 Å². The molecule has 0 spiro atoms. The molecule has 1 aliphatic heterocycles. The van der Waals surface area contributed by atoms with Gasteiger partial charge in [0, 0.05) is 19.1 Å². The van der Waals surface area contributed by atoms with Crippen LogP contribution < -0.4 is 5.32 Å². The second-order valence-corrected chi connectivity index (χ2v) is 6.69. The molecule has 3 atom stereocenters. The second kappa shape index (κ2) is 7.49. The van der Waals surface area contributed by atoms with Crippen molar-refractivity contribution in [2.24, 2.45) is 11.8 Å². The first-order valence-corrected chi connectivity index (χ1v) is 8.23. The summed E-state index contributed by atoms with van der Waals surface area (Å²) in [5, 5.41) is 3.71. The Morgan fingerprint density at radius 3 is 2.83 bits per heavy atom. The Labute approximate surface area is 114 Å². The fourth-order valence-electron chi connectivity index (χ4n) is 3.83. The van der Waals surface area contributed by atoms with Crippen molar-refractivity contribution in [2.75, 3.05) is 26.2 Å². The Balaban J connectivity index is 1.71. The second-order valence-electron chi connectivity index (χ2n) is 6.69. The fraction of sp³-hybridized carbons (Fsp3) is 1.00. The molecule has 1 aliphatic carbocycles. The summed E-state index contributed by atoms with van der Waals surface area (Å²) in [5.41, 5.74) is 0. The van der Waals surface area contributed by atoms with Gasteiger partial charge in [0.15, 0.2) is 0 Å². The lowest BCUT2D eigenvalue weighted by Gasteiger charge is -2.37. The number of nitrogens with one attached hydrogen (secondary N) is 1. The van der Waals surface area contributed by atoms with Gasteiger partial charge in [0.05, 0.1) is 0 Å². The van der Waals surface area contributed by atoms with E-state index in [4.69, 9.17) is 0 Å². The number of hydrogen-bond acceptors (Lipinski definition) is 2. The maximum atomic E-state index is 3.71. The summed E-state index contributed by atoms with van der Waals surface area (Å²) < 4.78 is 0. The molecule has 0 radical (unpaired) electrons. The minimum Gasteiger partial charge on any atom is -0.313 e. The molecule has 2 nitrogen and oxygen atoms in total. The molecule has 1 N–H and O–H groups in total. The standard InChI is InChI=1S/C16H32N2/c1-3-9-17-16-8-5-10-18(13-16)12-15-7-4-6-14(2)11-15/h14-17H,3-13H2,1-2H3. The molecule has 2 rings (SSSR count). The van der Waals surface area contributed by atoms with E-state index >= 15 is 0 Å². The van der Waals surface area contributed by atoms with Crippen molar-refractivity contribution in [3.63, 3.8) is 0 Å². The van der Waals surface area contributed by atoms with Crippen molar-refractivity contribution in [3.8, 4) is 0 Å². The van der Waals surface area contributed by atoms with Crippen LogP contribution in [0.3, 0.4) is 0 Å². The minimum absolute atomic E-state index is 0.764. The van der Waals surface area contributed by atoms with Crippen LogP contribution >= 0.6 is 0 Å². The van der Waals surface area contributed by atoms with E-state index < -0.39 is 0 Å². The average molecular weight is 252 g/mol. The summed E-state index contributed by atoms with van der Waals surface area (Å²) in [6, 6.07) is 0.764. The summed E-state index contributed by atoms with van der Waals surface area (Å²) in [5.74, 6) is 1.96. The number of hydrogen-bond donors (Lipinski definition) is 1. The molecule has 2 aliphatic rings. The van der Waals surface area contributed by atoms with E-state index in [1.54, 1.807) is 0 Å². The fourth-order valence-corrected chi connectivity index (χ4v) is 3.83. The van der Waals surface area contributed by atoms with Gasteiger partial charge < -0.3 is 10.2 Å². The number of piperidine rings is 1. The van der Waals surface area contributed by atoms with E-state index in [0.717, 1.165) is 17.9 Å². The zero-order valence-corrected chi connectivity index (χ0v) is 12.5. The van der Waals surface area contributed by atoms with E-state index in [1.165, 1.54) is 71.1 Å². The highest BCUT2D eigenvalue weighted by Gasteiger charge is 2.24.